The number of aromatic nitrogens is 2. The van der Waals surface area contributed by atoms with E-state index in [1.165, 1.54) is 17.5 Å². The van der Waals surface area contributed by atoms with Gasteiger partial charge in [-0.15, -0.1) is 0 Å². The van der Waals surface area contributed by atoms with Crippen molar-refractivity contribution in [1.29, 1.82) is 0 Å². The highest BCUT2D eigenvalue weighted by atomic mass is 32.2. The lowest BCUT2D eigenvalue weighted by atomic mass is 10.1. The number of benzene rings is 2. The van der Waals surface area contributed by atoms with Crippen molar-refractivity contribution in [2.24, 2.45) is 0 Å². The molecule has 35 heavy (non-hydrogen) atoms. The molecule has 1 amide bonds. The molecule has 0 aliphatic carbocycles. The fourth-order valence-electron chi connectivity index (χ4n) is 4.35. The third-order valence-electron chi connectivity index (χ3n) is 6.28. The van der Waals surface area contributed by atoms with Crippen LogP contribution in [-0.4, -0.2) is 82.1 Å². The highest BCUT2D eigenvalue weighted by Crippen LogP contribution is 2.32. The zero-order valence-electron chi connectivity index (χ0n) is 19.7. The van der Waals surface area contributed by atoms with Gasteiger partial charge in [-0.25, -0.2) is 18.4 Å². The third-order valence-corrected chi connectivity index (χ3v) is 8.20. The molecule has 5 rings (SSSR count). The first-order valence-corrected chi connectivity index (χ1v) is 12.9. The van der Waals surface area contributed by atoms with E-state index >= 15 is 0 Å². The normalized spacial score (nSPS) is 16.9. The molecule has 0 unspecified atom stereocenters. The Bertz CT molecular complexity index is 1370. The number of hydrogen-bond donors (Lipinski definition) is 0. The van der Waals surface area contributed by atoms with Crippen LogP contribution in [0.15, 0.2) is 47.4 Å². The van der Waals surface area contributed by atoms with Crippen molar-refractivity contribution in [3.05, 3.63) is 48.0 Å². The van der Waals surface area contributed by atoms with Crippen LogP contribution in [0.2, 0.25) is 0 Å². The number of anilines is 2. The molecule has 184 valence electrons. The summed E-state index contributed by atoms with van der Waals surface area (Å²) in [6.45, 7) is 2.32. The molecule has 2 aliphatic heterocycles. The van der Waals surface area contributed by atoms with E-state index in [2.05, 4.69) is 0 Å². The van der Waals surface area contributed by atoms with Gasteiger partial charge in [-0.05, 0) is 29.8 Å². The Hall–Kier alpha value is -3.28. The van der Waals surface area contributed by atoms with E-state index in [9.17, 15) is 13.2 Å². The van der Waals surface area contributed by atoms with Crippen molar-refractivity contribution in [3.8, 4) is 5.75 Å². The van der Waals surface area contributed by atoms with Crippen LogP contribution in [0.4, 0.5) is 11.6 Å². The predicted octanol–water partition coefficient (Wildman–Crippen LogP) is 1.68. The predicted molar refractivity (Wildman–Crippen MR) is 131 cm³/mol. The van der Waals surface area contributed by atoms with Gasteiger partial charge in [0.2, 0.25) is 15.9 Å². The number of fused-ring (bicyclic) bond motifs is 2. The number of methoxy groups -OCH3 is 1. The van der Waals surface area contributed by atoms with Crippen LogP contribution >= 0.6 is 0 Å². The second-order valence-corrected chi connectivity index (χ2v) is 10.4. The second-order valence-electron chi connectivity index (χ2n) is 8.50. The highest BCUT2D eigenvalue weighted by molar-refractivity contribution is 7.89. The molecule has 3 heterocycles. The summed E-state index contributed by atoms with van der Waals surface area (Å²) >= 11 is 0. The topological polar surface area (TPSA) is 105 Å². The van der Waals surface area contributed by atoms with Crippen LogP contribution in [0.3, 0.4) is 0 Å². The van der Waals surface area contributed by atoms with Gasteiger partial charge >= 0.3 is 0 Å². The molecular weight excluding hydrogens is 470 g/mol. The Balaban J connectivity index is 1.45. The molecule has 10 nitrogen and oxygen atoms in total. The first-order valence-electron chi connectivity index (χ1n) is 11.4. The molecule has 0 bridgehead atoms. The number of amides is 1. The number of nitrogens with zero attached hydrogens (tertiary/aromatic N) is 5. The number of sulfonamides is 1. The van der Waals surface area contributed by atoms with Crippen molar-refractivity contribution in [3.63, 3.8) is 0 Å². The second kappa shape index (κ2) is 9.40. The lowest BCUT2D eigenvalue weighted by Gasteiger charge is -2.33. The van der Waals surface area contributed by atoms with Gasteiger partial charge in [0.15, 0.2) is 11.6 Å². The summed E-state index contributed by atoms with van der Waals surface area (Å²) in [5.41, 5.74) is 2.06. The fourth-order valence-corrected chi connectivity index (χ4v) is 5.97. The molecule has 0 N–H and O–H groups in total. The van der Waals surface area contributed by atoms with E-state index in [0.717, 1.165) is 5.52 Å². The van der Waals surface area contributed by atoms with Crippen molar-refractivity contribution in [2.45, 2.75) is 11.3 Å². The average molecular weight is 498 g/mol. The third kappa shape index (κ3) is 4.42. The van der Waals surface area contributed by atoms with Gasteiger partial charge in [0.1, 0.15) is 10.6 Å². The van der Waals surface area contributed by atoms with Gasteiger partial charge < -0.3 is 14.4 Å². The van der Waals surface area contributed by atoms with E-state index in [1.54, 1.807) is 17.0 Å². The molecule has 3 aromatic rings. The lowest BCUT2D eigenvalue weighted by molar-refractivity contribution is -0.118. The van der Waals surface area contributed by atoms with Crippen LogP contribution in [0.25, 0.3) is 11.0 Å². The summed E-state index contributed by atoms with van der Waals surface area (Å²) in [4.78, 5) is 26.5. The quantitative estimate of drug-likeness (QED) is 0.524. The Morgan fingerprint density at radius 3 is 2.37 bits per heavy atom. The maximum atomic E-state index is 13.4. The molecule has 0 atom stereocenters. The number of ether oxygens (including phenoxy) is 2. The van der Waals surface area contributed by atoms with E-state index in [4.69, 9.17) is 19.4 Å². The Kier molecular flexibility index (Phi) is 6.30. The number of para-hydroxylation sites is 2. The fraction of sp³-hybridized carbons (Fsp3) is 0.375. The highest BCUT2D eigenvalue weighted by Gasteiger charge is 2.31. The van der Waals surface area contributed by atoms with Crippen LogP contribution in [0, 0.1) is 0 Å². The number of carbonyl (C=O) groups is 1. The van der Waals surface area contributed by atoms with Crippen LogP contribution in [0.1, 0.15) is 5.56 Å². The minimum absolute atomic E-state index is 0.0211. The van der Waals surface area contributed by atoms with Gasteiger partial charge in [0.25, 0.3) is 0 Å². The SMILES string of the molecule is COc1ccc(CC(=O)N2CCN(C)c3nc4ccccc4nc32)cc1S(=O)(=O)N1CCOCC1. The summed E-state index contributed by atoms with van der Waals surface area (Å²) in [5.74, 6) is 1.23. The standard InChI is InChI=1S/C24H27N5O5S/c1-27-9-10-29(24-23(27)25-18-5-3-4-6-19(18)26-24)22(30)16-17-7-8-20(33-2)21(15-17)35(31,32)28-11-13-34-14-12-28/h3-8,15H,9-14,16H2,1-2H3. The average Bonchev–Trinajstić information content (AvgIpc) is 2.88. The Labute approximate surface area is 204 Å². The minimum atomic E-state index is -3.79. The zero-order valence-corrected chi connectivity index (χ0v) is 20.5. The number of likely N-dealkylation sites (N-methyl/N-ethyl adjacent to an activating group) is 1. The number of hydrogen-bond acceptors (Lipinski definition) is 8. The van der Waals surface area contributed by atoms with Gasteiger partial charge in [-0.1, -0.05) is 18.2 Å². The first kappa shape index (κ1) is 23.5. The zero-order chi connectivity index (χ0) is 24.6. The van der Waals surface area contributed by atoms with Gasteiger partial charge in [0, 0.05) is 33.2 Å². The molecule has 1 aromatic heterocycles. The van der Waals surface area contributed by atoms with Gasteiger partial charge in [0.05, 0.1) is 37.8 Å². The summed E-state index contributed by atoms with van der Waals surface area (Å²) in [5, 5.41) is 0. The van der Waals surface area contributed by atoms with Crippen LogP contribution < -0.4 is 14.5 Å². The monoisotopic (exact) mass is 497 g/mol. The molecule has 1 fully saturated rings. The smallest absolute Gasteiger partial charge is 0.246 e. The summed E-state index contributed by atoms with van der Waals surface area (Å²) < 4.78 is 38.6. The van der Waals surface area contributed by atoms with Crippen LogP contribution in [-0.2, 0) is 26.0 Å². The maximum Gasteiger partial charge on any atom is 0.246 e. The number of morpholine rings is 1. The van der Waals surface area contributed by atoms with E-state index in [-0.39, 0.29) is 36.1 Å². The Morgan fingerprint density at radius 1 is 1.00 bits per heavy atom. The molecule has 0 spiro atoms. The molecule has 2 aliphatic rings. The van der Waals surface area contributed by atoms with Gasteiger partial charge in [-0.2, -0.15) is 4.31 Å². The largest absolute Gasteiger partial charge is 0.495 e. The number of carbonyl (C=O) groups excluding carboxylic acids is 1. The Morgan fingerprint density at radius 2 is 1.69 bits per heavy atom. The van der Waals surface area contributed by atoms with E-state index in [1.807, 2.05) is 36.2 Å². The molecule has 0 saturated carbocycles. The first-order chi connectivity index (χ1) is 16.9. The summed E-state index contributed by atoms with van der Waals surface area (Å²) in [6.07, 6.45) is 0.0211. The van der Waals surface area contributed by atoms with Crippen molar-refractivity contribution >= 4 is 38.6 Å². The summed E-state index contributed by atoms with van der Waals surface area (Å²) in [6, 6.07) is 12.4. The maximum absolute atomic E-state index is 13.4. The van der Waals surface area contributed by atoms with Gasteiger partial charge in [-0.3, -0.25) is 9.69 Å². The van der Waals surface area contributed by atoms with Crippen LogP contribution in [0.5, 0.6) is 5.75 Å². The summed E-state index contributed by atoms with van der Waals surface area (Å²) in [7, 11) is -0.434. The molecule has 0 radical (unpaired) electrons. The molecular formula is C24H27N5O5S. The van der Waals surface area contributed by atoms with Crippen molar-refractivity contribution in [2.75, 3.05) is 63.4 Å². The van der Waals surface area contributed by atoms with Crippen molar-refractivity contribution in [1.82, 2.24) is 14.3 Å². The molecule has 1 saturated heterocycles. The van der Waals surface area contributed by atoms with E-state index < -0.39 is 10.0 Å². The molecule has 11 heteroatoms. The van der Waals surface area contributed by atoms with Crippen molar-refractivity contribution < 1.29 is 22.7 Å². The lowest BCUT2D eigenvalue weighted by Crippen LogP contribution is -2.44. The number of rotatable bonds is 5. The minimum Gasteiger partial charge on any atom is -0.495 e. The molecule has 2 aromatic carbocycles. The van der Waals surface area contributed by atoms with E-state index in [0.29, 0.717) is 49.0 Å².